The average molecular weight is 433 g/mol. The van der Waals surface area contributed by atoms with E-state index in [9.17, 15) is 9.59 Å². The minimum Gasteiger partial charge on any atom is -0.493 e. The maximum atomic E-state index is 13.1. The molecule has 3 aliphatic rings. The van der Waals surface area contributed by atoms with E-state index in [0.717, 1.165) is 24.1 Å². The number of rotatable bonds is 5. The maximum Gasteiger partial charge on any atom is 0.234 e. The van der Waals surface area contributed by atoms with E-state index >= 15 is 0 Å². The maximum absolute atomic E-state index is 13.1. The second-order valence-corrected chi connectivity index (χ2v) is 8.68. The van der Waals surface area contributed by atoms with E-state index in [0.29, 0.717) is 31.0 Å². The van der Waals surface area contributed by atoms with Gasteiger partial charge in [-0.05, 0) is 48.1 Å². The number of fused-ring (bicyclic) bond motifs is 2. The van der Waals surface area contributed by atoms with Crippen LogP contribution in [0.2, 0.25) is 0 Å². The Kier molecular flexibility index (Phi) is 5.47. The number of benzene rings is 2. The van der Waals surface area contributed by atoms with Crippen LogP contribution in [0.1, 0.15) is 35.6 Å². The van der Waals surface area contributed by atoms with Gasteiger partial charge in [0.05, 0.1) is 38.8 Å². The van der Waals surface area contributed by atoms with Crippen molar-refractivity contribution in [3.05, 3.63) is 71.3 Å². The number of hydrogen-bond donors (Lipinski definition) is 0. The Morgan fingerprint density at radius 1 is 0.906 bits per heavy atom. The Labute approximate surface area is 188 Å². The van der Waals surface area contributed by atoms with E-state index in [-0.39, 0.29) is 29.7 Å². The molecule has 2 heterocycles. The third-order valence-corrected chi connectivity index (χ3v) is 7.01. The van der Waals surface area contributed by atoms with Crippen LogP contribution in [-0.2, 0) is 16.0 Å². The van der Waals surface area contributed by atoms with Crippen LogP contribution in [0.5, 0.6) is 11.5 Å². The first-order valence-electron chi connectivity index (χ1n) is 11.2. The number of likely N-dealkylation sites (tertiary alicyclic amines) is 1. The third kappa shape index (κ3) is 3.39. The fraction of sp³-hybridized carbons (Fsp3) is 0.385. The van der Waals surface area contributed by atoms with Crippen LogP contribution in [-0.4, -0.2) is 49.0 Å². The molecule has 5 rings (SSSR count). The minimum atomic E-state index is -0.205. The molecule has 0 aromatic heterocycles. The van der Waals surface area contributed by atoms with Crippen molar-refractivity contribution in [3.8, 4) is 11.5 Å². The Balaban J connectivity index is 1.52. The fourth-order valence-corrected chi connectivity index (χ4v) is 5.37. The predicted molar refractivity (Wildman–Crippen MR) is 120 cm³/mol. The molecule has 0 saturated carbocycles. The van der Waals surface area contributed by atoms with Crippen molar-refractivity contribution >= 4 is 11.8 Å². The van der Waals surface area contributed by atoms with Crippen molar-refractivity contribution in [3.63, 3.8) is 0 Å². The molecular weight excluding hydrogens is 404 g/mol. The van der Waals surface area contributed by atoms with E-state index in [2.05, 4.69) is 17.0 Å². The summed E-state index contributed by atoms with van der Waals surface area (Å²) in [5.74, 6) is 0.921. The van der Waals surface area contributed by atoms with Crippen LogP contribution in [0.3, 0.4) is 0 Å². The zero-order chi connectivity index (χ0) is 22.2. The van der Waals surface area contributed by atoms with Crippen LogP contribution < -0.4 is 9.47 Å². The van der Waals surface area contributed by atoms with Gasteiger partial charge in [-0.25, -0.2) is 0 Å². The van der Waals surface area contributed by atoms with Gasteiger partial charge >= 0.3 is 0 Å². The van der Waals surface area contributed by atoms with Crippen LogP contribution in [0, 0.1) is 11.8 Å². The van der Waals surface area contributed by atoms with Crippen molar-refractivity contribution in [2.75, 3.05) is 27.4 Å². The molecule has 2 aromatic rings. The Morgan fingerprint density at radius 2 is 1.53 bits per heavy atom. The van der Waals surface area contributed by atoms with E-state index in [1.807, 2.05) is 42.5 Å². The molecule has 32 heavy (non-hydrogen) atoms. The summed E-state index contributed by atoms with van der Waals surface area (Å²) in [4.78, 5) is 29.9. The normalized spacial score (nSPS) is 24.9. The molecule has 6 nitrogen and oxygen atoms in total. The van der Waals surface area contributed by atoms with Gasteiger partial charge in [-0.1, -0.05) is 42.5 Å². The van der Waals surface area contributed by atoms with Gasteiger partial charge in [0.1, 0.15) is 0 Å². The molecule has 0 spiro atoms. The standard InChI is InChI=1S/C26H28N2O4/c1-31-22-14-18-12-13-27(16-28-25(29)19-10-6-7-11-20(19)26(28)30)24(17-8-4-3-5-9-17)21(18)15-23(22)32-2/h3-9,14-15,19-20,24H,10-13,16H2,1-2H3/t19-,20+,24-/m1/s1. The van der Waals surface area contributed by atoms with Gasteiger partial charge in [-0.3, -0.25) is 19.4 Å². The molecule has 1 fully saturated rings. The topological polar surface area (TPSA) is 59.1 Å². The highest BCUT2D eigenvalue weighted by atomic mass is 16.5. The van der Waals surface area contributed by atoms with Crippen molar-refractivity contribution in [1.29, 1.82) is 0 Å². The number of allylic oxidation sites excluding steroid dienone is 2. The Morgan fingerprint density at radius 3 is 2.16 bits per heavy atom. The number of hydrogen-bond acceptors (Lipinski definition) is 5. The Hall–Kier alpha value is -3.12. The highest BCUT2D eigenvalue weighted by Crippen LogP contribution is 2.42. The summed E-state index contributed by atoms with van der Waals surface area (Å²) in [6, 6.07) is 14.2. The van der Waals surface area contributed by atoms with Crippen molar-refractivity contribution in [1.82, 2.24) is 9.80 Å². The predicted octanol–water partition coefficient (Wildman–Crippen LogP) is 3.56. The zero-order valence-corrected chi connectivity index (χ0v) is 18.5. The number of imide groups is 1. The molecule has 6 heteroatoms. The number of ether oxygens (including phenoxy) is 2. The van der Waals surface area contributed by atoms with Crippen molar-refractivity contribution < 1.29 is 19.1 Å². The molecular formula is C26H28N2O4. The quantitative estimate of drug-likeness (QED) is 0.534. The summed E-state index contributed by atoms with van der Waals surface area (Å²) in [6.07, 6.45) is 6.18. The summed E-state index contributed by atoms with van der Waals surface area (Å²) in [6.45, 7) is 1.05. The first-order valence-corrected chi connectivity index (χ1v) is 11.2. The second kappa shape index (κ2) is 8.43. The smallest absolute Gasteiger partial charge is 0.234 e. The fourth-order valence-electron chi connectivity index (χ4n) is 5.37. The summed E-state index contributed by atoms with van der Waals surface area (Å²) >= 11 is 0. The lowest BCUT2D eigenvalue weighted by atomic mass is 9.85. The Bertz CT molecular complexity index is 1040. The first-order chi connectivity index (χ1) is 15.6. The van der Waals surface area contributed by atoms with Gasteiger partial charge in [0.25, 0.3) is 0 Å². The van der Waals surface area contributed by atoms with E-state index in [4.69, 9.17) is 9.47 Å². The first kappa shape index (κ1) is 20.8. The van der Waals surface area contributed by atoms with Gasteiger partial charge in [0, 0.05) is 6.54 Å². The number of carbonyl (C=O) groups excluding carboxylic acids is 2. The second-order valence-electron chi connectivity index (χ2n) is 8.68. The molecule has 2 aromatic carbocycles. The number of amides is 2. The lowest BCUT2D eigenvalue weighted by molar-refractivity contribution is -0.143. The van der Waals surface area contributed by atoms with Crippen molar-refractivity contribution in [2.45, 2.75) is 25.3 Å². The third-order valence-electron chi connectivity index (χ3n) is 7.01. The van der Waals surface area contributed by atoms with E-state index < -0.39 is 0 Å². The molecule has 166 valence electrons. The van der Waals surface area contributed by atoms with Crippen LogP contribution in [0.4, 0.5) is 0 Å². The number of carbonyl (C=O) groups is 2. The summed E-state index contributed by atoms with van der Waals surface area (Å²) in [7, 11) is 3.28. The van der Waals surface area contributed by atoms with Crippen LogP contribution in [0.25, 0.3) is 0 Å². The van der Waals surface area contributed by atoms with Gasteiger partial charge in [0.2, 0.25) is 11.8 Å². The zero-order valence-electron chi connectivity index (χ0n) is 18.5. The lowest BCUT2D eigenvalue weighted by Crippen LogP contribution is -2.46. The average Bonchev–Trinajstić information content (AvgIpc) is 3.08. The molecule has 1 aliphatic carbocycles. The highest BCUT2D eigenvalue weighted by Gasteiger charge is 2.48. The molecule has 1 saturated heterocycles. The summed E-state index contributed by atoms with van der Waals surface area (Å²) in [5, 5.41) is 0. The molecule has 3 atom stereocenters. The monoisotopic (exact) mass is 432 g/mol. The summed E-state index contributed by atoms with van der Waals surface area (Å²) < 4.78 is 11.1. The van der Waals surface area contributed by atoms with Gasteiger partial charge in [-0.2, -0.15) is 0 Å². The van der Waals surface area contributed by atoms with Crippen LogP contribution >= 0.6 is 0 Å². The van der Waals surface area contributed by atoms with E-state index in [1.54, 1.807) is 14.2 Å². The SMILES string of the molecule is COc1cc2c(cc1OC)[C@@H](c1ccccc1)N(CN1C(=O)[C@H]3CC=CC[C@H]3C1=O)CC2. The van der Waals surface area contributed by atoms with E-state index in [1.165, 1.54) is 10.5 Å². The summed E-state index contributed by atoms with van der Waals surface area (Å²) in [5.41, 5.74) is 3.45. The van der Waals surface area contributed by atoms with Crippen molar-refractivity contribution in [2.24, 2.45) is 11.8 Å². The van der Waals surface area contributed by atoms with Gasteiger partial charge in [0.15, 0.2) is 11.5 Å². The number of nitrogens with zero attached hydrogens (tertiary/aromatic N) is 2. The minimum absolute atomic E-state index is 0.0331. The molecule has 0 bridgehead atoms. The highest BCUT2D eigenvalue weighted by molar-refractivity contribution is 6.05. The lowest BCUT2D eigenvalue weighted by Gasteiger charge is -2.39. The molecule has 2 amide bonds. The van der Waals surface area contributed by atoms with Gasteiger partial charge < -0.3 is 9.47 Å². The number of methoxy groups -OCH3 is 2. The van der Waals surface area contributed by atoms with Gasteiger partial charge in [-0.15, -0.1) is 0 Å². The largest absolute Gasteiger partial charge is 0.493 e. The molecule has 2 aliphatic heterocycles. The molecule has 0 unspecified atom stereocenters. The molecule has 0 N–H and O–H groups in total. The van der Waals surface area contributed by atoms with Crippen LogP contribution in [0.15, 0.2) is 54.6 Å². The molecule has 0 radical (unpaired) electrons.